The lowest BCUT2D eigenvalue weighted by atomic mass is 10.2. The maximum atomic E-state index is 14.1. The molecule has 0 saturated carbocycles. The highest BCUT2D eigenvalue weighted by atomic mass is 32.2. The van der Waals surface area contributed by atoms with E-state index >= 15 is 0 Å². The SMILES string of the molecule is Cc1nnnn1-c1ccc(F)c(NS(=O)(=O)c2cccc(S(C)(=O)=O)c2)c1. The van der Waals surface area contributed by atoms with E-state index in [-0.39, 0.29) is 15.5 Å². The van der Waals surface area contributed by atoms with Crippen molar-refractivity contribution in [2.24, 2.45) is 0 Å². The first kappa shape index (κ1) is 18.9. The average Bonchev–Trinajstić information content (AvgIpc) is 3.02. The number of sulfone groups is 1. The van der Waals surface area contributed by atoms with Gasteiger partial charge in [0.2, 0.25) is 0 Å². The molecule has 142 valence electrons. The van der Waals surface area contributed by atoms with Crippen LogP contribution in [0.1, 0.15) is 5.82 Å². The van der Waals surface area contributed by atoms with Gasteiger partial charge in [0.1, 0.15) is 5.82 Å². The number of halogens is 1. The molecule has 0 radical (unpaired) electrons. The summed E-state index contributed by atoms with van der Waals surface area (Å²) in [6.45, 7) is 1.63. The fourth-order valence-electron chi connectivity index (χ4n) is 2.27. The Hall–Kier alpha value is -2.86. The standard InChI is InChI=1S/C15H14FN5O4S2/c1-10-17-19-20-21(10)11-6-7-14(16)15(8-11)18-27(24,25)13-5-3-4-12(9-13)26(2,22)23/h3-9,18H,1-2H3. The summed E-state index contributed by atoms with van der Waals surface area (Å²) in [7, 11) is -7.83. The zero-order valence-corrected chi connectivity index (χ0v) is 15.8. The second-order valence-corrected chi connectivity index (χ2v) is 9.35. The summed E-state index contributed by atoms with van der Waals surface area (Å²) in [6, 6.07) is 8.48. The minimum Gasteiger partial charge on any atom is -0.277 e. The van der Waals surface area contributed by atoms with Crippen LogP contribution in [0.4, 0.5) is 10.1 Å². The van der Waals surface area contributed by atoms with E-state index in [1.807, 2.05) is 0 Å². The molecule has 12 heteroatoms. The monoisotopic (exact) mass is 411 g/mol. The highest BCUT2D eigenvalue weighted by Gasteiger charge is 2.19. The van der Waals surface area contributed by atoms with Crippen molar-refractivity contribution in [3.8, 4) is 5.69 Å². The predicted molar refractivity (Wildman–Crippen MR) is 94.2 cm³/mol. The number of aromatic nitrogens is 4. The summed E-state index contributed by atoms with van der Waals surface area (Å²) in [6.07, 6.45) is 0.962. The van der Waals surface area contributed by atoms with Gasteiger partial charge in [-0.3, -0.25) is 4.72 Å². The van der Waals surface area contributed by atoms with E-state index in [0.29, 0.717) is 11.5 Å². The molecular formula is C15H14FN5O4S2. The van der Waals surface area contributed by atoms with E-state index in [0.717, 1.165) is 18.4 Å². The lowest BCUT2D eigenvalue weighted by Crippen LogP contribution is -2.15. The van der Waals surface area contributed by atoms with Crippen LogP contribution in [-0.4, -0.2) is 43.3 Å². The van der Waals surface area contributed by atoms with Crippen molar-refractivity contribution >= 4 is 25.5 Å². The Bertz CT molecular complexity index is 1220. The van der Waals surface area contributed by atoms with Crippen molar-refractivity contribution in [2.45, 2.75) is 16.7 Å². The number of tetrazole rings is 1. The Kier molecular flexibility index (Phi) is 4.70. The first-order valence-corrected chi connectivity index (χ1v) is 10.8. The number of rotatable bonds is 5. The molecule has 3 rings (SSSR count). The zero-order chi connectivity index (χ0) is 19.8. The van der Waals surface area contributed by atoms with Gasteiger partial charge in [-0.05, 0) is 53.7 Å². The number of sulfonamides is 1. The van der Waals surface area contributed by atoms with Crippen LogP contribution in [0.3, 0.4) is 0 Å². The van der Waals surface area contributed by atoms with Gasteiger partial charge in [0.25, 0.3) is 10.0 Å². The number of nitrogens with one attached hydrogen (secondary N) is 1. The van der Waals surface area contributed by atoms with E-state index in [2.05, 4.69) is 20.2 Å². The maximum Gasteiger partial charge on any atom is 0.262 e. The molecule has 0 aliphatic heterocycles. The predicted octanol–water partition coefficient (Wildman–Crippen LogP) is 1.31. The van der Waals surface area contributed by atoms with Crippen LogP contribution >= 0.6 is 0 Å². The molecule has 0 aliphatic rings. The van der Waals surface area contributed by atoms with Gasteiger partial charge < -0.3 is 0 Å². The Morgan fingerprint density at radius 3 is 2.37 bits per heavy atom. The summed E-state index contributed by atoms with van der Waals surface area (Å²) in [4.78, 5) is -0.474. The molecule has 0 bridgehead atoms. The lowest BCUT2D eigenvalue weighted by Gasteiger charge is -2.11. The molecule has 27 heavy (non-hydrogen) atoms. The third-order valence-electron chi connectivity index (χ3n) is 3.61. The number of aryl methyl sites for hydroxylation is 1. The second kappa shape index (κ2) is 6.70. The molecule has 0 unspecified atom stereocenters. The summed E-state index contributed by atoms with van der Waals surface area (Å²) < 4.78 is 66.0. The summed E-state index contributed by atoms with van der Waals surface area (Å²) >= 11 is 0. The molecule has 0 atom stereocenters. The quantitative estimate of drug-likeness (QED) is 0.671. The van der Waals surface area contributed by atoms with Gasteiger partial charge in [0.05, 0.1) is 21.2 Å². The number of anilines is 1. The Balaban J connectivity index is 2.01. The van der Waals surface area contributed by atoms with Crippen molar-refractivity contribution in [1.82, 2.24) is 20.2 Å². The minimum atomic E-state index is -4.23. The Morgan fingerprint density at radius 1 is 1.04 bits per heavy atom. The van der Waals surface area contributed by atoms with Crippen molar-refractivity contribution in [3.05, 3.63) is 54.1 Å². The van der Waals surface area contributed by atoms with Gasteiger partial charge in [-0.15, -0.1) is 5.10 Å². The molecule has 0 aliphatic carbocycles. The molecule has 0 amide bonds. The zero-order valence-electron chi connectivity index (χ0n) is 14.2. The number of benzene rings is 2. The highest BCUT2D eigenvalue weighted by Crippen LogP contribution is 2.23. The molecule has 1 heterocycles. The highest BCUT2D eigenvalue weighted by molar-refractivity contribution is 7.93. The van der Waals surface area contributed by atoms with Crippen LogP contribution < -0.4 is 4.72 Å². The van der Waals surface area contributed by atoms with E-state index in [1.165, 1.54) is 35.0 Å². The lowest BCUT2D eigenvalue weighted by molar-refractivity contribution is 0.597. The maximum absolute atomic E-state index is 14.1. The van der Waals surface area contributed by atoms with Gasteiger partial charge >= 0.3 is 0 Å². The molecule has 0 fully saturated rings. The fraction of sp³-hybridized carbons (Fsp3) is 0.133. The average molecular weight is 411 g/mol. The van der Waals surface area contributed by atoms with Crippen molar-refractivity contribution < 1.29 is 21.2 Å². The molecule has 3 aromatic rings. The van der Waals surface area contributed by atoms with E-state index in [4.69, 9.17) is 0 Å². The number of hydrogen-bond acceptors (Lipinski definition) is 7. The van der Waals surface area contributed by atoms with Gasteiger partial charge in [-0.2, -0.15) is 4.68 Å². The number of hydrogen-bond donors (Lipinski definition) is 1. The van der Waals surface area contributed by atoms with Crippen LogP contribution in [0.15, 0.2) is 52.3 Å². The van der Waals surface area contributed by atoms with E-state index in [9.17, 15) is 21.2 Å². The van der Waals surface area contributed by atoms with Crippen molar-refractivity contribution in [1.29, 1.82) is 0 Å². The minimum absolute atomic E-state index is 0.163. The summed E-state index contributed by atoms with van der Waals surface area (Å²) in [5, 5.41) is 10.9. The van der Waals surface area contributed by atoms with Gasteiger partial charge in [0.15, 0.2) is 15.7 Å². The van der Waals surface area contributed by atoms with Crippen LogP contribution in [0.2, 0.25) is 0 Å². The molecule has 1 aromatic heterocycles. The third-order valence-corrected chi connectivity index (χ3v) is 6.08. The van der Waals surface area contributed by atoms with Gasteiger partial charge in [-0.25, -0.2) is 21.2 Å². The van der Waals surface area contributed by atoms with Crippen LogP contribution in [0.5, 0.6) is 0 Å². The first-order valence-electron chi connectivity index (χ1n) is 7.46. The Morgan fingerprint density at radius 2 is 1.74 bits per heavy atom. The molecule has 0 spiro atoms. The van der Waals surface area contributed by atoms with Gasteiger partial charge in [-0.1, -0.05) is 6.07 Å². The molecular weight excluding hydrogens is 397 g/mol. The van der Waals surface area contributed by atoms with Gasteiger partial charge in [0, 0.05) is 6.26 Å². The van der Waals surface area contributed by atoms with Crippen molar-refractivity contribution in [2.75, 3.05) is 11.0 Å². The van der Waals surface area contributed by atoms with E-state index in [1.54, 1.807) is 6.92 Å². The van der Waals surface area contributed by atoms with Crippen LogP contribution in [-0.2, 0) is 19.9 Å². The Labute approximate surface area is 154 Å². The second-order valence-electron chi connectivity index (χ2n) is 5.65. The molecule has 2 aromatic carbocycles. The van der Waals surface area contributed by atoms with Crippen LogP contribution in [0.25, 0.3) is 5.69 Å². The smallest absolute Gasteiger partial charge is 0.262 e. The topological polar surface area (TPSA) is 124 Å². The third kappa shape index (κ3) is 3.95. The summed E-state index contributed by atoms with van der Waals surface area (Å²) in [5.74, 6) is -0.386. The van der Waals surface area contributed by atoms with E-state index < -0.39 is 25.7 Å². The largest absolute Gasteiger partial charge is 0.277 e. The fourth-order valence-corrected chi connectivity index (χ4v) is 4.11. The molecule has 1 N–H and O–H groups in total. The van der Waals surface area contributed by atoms with Crippen LogP contribution in [0, 0.1) is 12.7 Å². The van der Waals surface area contributed by atoms with Crippen molar-refractivity contribution in [3.63, 3.8) is 0 Å². The molecule has 0 saturated heterocycles. The normalized spacial score (nSPS) is 12.1. The molecule has 9 nitrogen and oxygen atoms in total. The summed E-state index contributed by atoms with van der Waals surface area (Å²) in [5.41, 5.74) is 0.0219. The first-order chi connectivity index (χ1) is 12.6. The number of nitrogens with zero attached hydrogens (tertiary/aromatic N) is 4.